The third kappa shape index (κ3) is 2.92. The van der Waals surface area contributed by atoms with E-state index >= 15 is 0 Å². The fourth-order valence-corrected chi connectivity index (χ4v) is 2.47. The van der Waals surface area contributed by atoms with Crippen molar-refractivity contribution in [2.75, 3.05) is 6.61 Å². The van der Waals surface area contributed by atoms with E-state index < -0.39 is 5.97 Å². The van der Waals surface area contributed by atoms with Crippen molar-refractivity contribution in [2.24, 2.45) is 0 Å². The highest BCUT2D eigenvalue weighted by Crippen LogP contribution is 2.33. The van der Waals surface area contributed by atoms with Gasteiger partial charge in [0.2, 0.25) is 0 Å². The van der Waals surface area contributed by atoms with Crippen LogP contribution in [0.4, 0.5) is 0 Å². The van der Waals surface area contributed by atoms with Crippen molar-refractivity contribution >= 4 is 17.6 Å². The van der Waals surface area contributed by atoms with Gasteiger partial charge in [0.1, 0.15) is 23.8 Å². The molecule has 5 nitrogen and oxygen atoms in total. The van der Waals surface area contributed by atoms with Gasteiger partial charge in [-0.15, -0.1) is 0 Å². The maximum Gasteiger partial charge on any atom is 0.354 e. The second-order valence-corrected chi connectivity index (χ2v) is 5.06. The van der Waals surface area contributed by atoms with Crippen molar-refractivity contribution in [3.8, 4) is 11.5 Å². The van der Waals surface area contributed by atoms with Crippen LogP contribution in [0.1, 0.15) is 21.6 Å². The fraction of sp³-hybridized carbons (Fsp3) is 0.200. The number of fused-ring (bicyclic) bond motifs is 1. The van der Waals surface area contributed by atoms with Crippen LogP contribution in [-0.4, -0.2) is 22.7 Å². The summed E-state index contributed by atoms with van der Waals surface area (Å²) in [6.45, 7) is 0.939. The van der Waals surface area contributed by atoms with E-state index in [1.54, 1.807) is 6.07 Å². The minimum Gasteiger partial charge on any atom is -0.493 e. The molecule has 1 aliphatic rings. The Labute approximate surface area is 126 Å². The van der Waals surface area contributed by atoms with Gasteiger partial charge in [-0.1, -0.05) is 11.6 Å². The van der Waals surface area contributed by atoms with Gasteiger partial charge in [0.15, 0.2) is 0 Å². The predicted octanol–water partition coefficient (Wildman–Crippen LogP) is 2.95. The Hall–Kier alpha value is -2.27. The number of rotatable bonds is 4. The number of pyridine rings is 1. The lowest BCUT2D eigenvalue weighted by Gasteiger charge is -2.10. The molecule has 0 spiro atoms. The van der Waals surface area contributed by atoms with E-state index in [2.05, 4.69) is 4.98 Å². The number of halogens is 1. The highest BCUT2D eigenvalue weighted by atomic mass is 35.5. The van der Waals surface area contributed by atoms with E-state index in [0.717, 1.165) is 23.3 Å². The largest absolute Gasteiger partial charge is 0.493 e. The highest BCUT2D eigenvalue weighted by molar-refractivity contribution is 6.30. The van der Waals surface area contributed by atoms with Gasteiger partial charge >= 0.3 is 5.97 Å². The molecular formula is C15H12ClNO4. The van der Waals surface area contributed by atoms with Crippen molar-refractivity contribution in [2.45, 2.75) is 13.0 Å². The third-order valence-electron chi connectivity index (χ3n) is 3.18. The monoisotopic (exact) mass is 305 g/mol. The van der Waals surface area contributed by atoms with Crippen molar-refractivity contribution in [1.29, 1.82) is 0 Å². The standard InChI is InChI=1S/C15H12ClNO4/c16-11-5-9-3-4-20-14(9)10(6-11)8-21-12-1-2-13(15(18)19)17-7-12/h1-2,5-7H,3-4,8H2,(H,18,19). The van der Waals surface area contributed by atoms with Gasteiger partial charge in [-0.05, 0) is 29.8 Å². The first-order valence-corrected chi connectivity index (χ1v) is 6.77. The molecule has 2 aromatic rings. The zero-order chi connectivity index (χ0) is 14.8. The molecule has 0 amide bonds. The van der Waals surface area contributed by atoms with Gasteiger partial charge in [-0.25, -0.2) is 9.78 Å². The van der Waals surface area contributed by atoms with Gasteiger partial charge in [0.25, 0.3) is 0 Å². The molecule has 0 saturated heterocycles. The van der Waals surface area contributed by atoms with Crippen LogP contribution in [0.5, 0.6) is 11.5 Å². The number of ether oxygens (including phenoxy) is 2. The zero-order valence-corrected chi connectivity index (χ0v) is 11.8. The van der Waals surface area contributed by atoms with Gasteiger partial charge in [-0.3, -0.25) is 0 Å². The van der Waals surface area contributed by atoms with Crippen LogP contribution in [0.3, 0.4) is 0 Å². The molecule has 6 heteroatoms. The molecule has 1 aliphatic heterocycles. The number of carbonyl (C=O) groups is 1. The molecule has 1 aromatic heterocycles. The normalized spacial score (nSPS) is 12.6. The average Bonchev–Trinajstić information content (AvgIpc) is 2.93. The van der Waals surface area contributed by atoms with Crippen LogP contribution < -0.4 is 9.47 Å². The van der Waals surface area contributed by atoms with E-state index in [9.17, 15) is 4.79 Å². The van der Waals surface area contributed by atoms with Crippen LogP contribution >= 0.6 is 11.6 Å². The van der Waals surface area contributed by atoms with Gasteiger partial charge in [-0.2, -0.15) is 0 Å². The molecular weight excluding hydrogens is 294 g/mol. The molecule has 1 aromatic carbocycles. The Morgan fingerprint density at radius 1 is 1.43 bits per heavy atom. The van der Waals surface area contributed by atoms with Crippen LogP contribution in [-0.2, 0) is 13.0 Å². The predicted molar refractivity (Wildman–Crippen MR) is 76.2 cm³/mol. The highest BCUT2D eigenvalue weighted by Gasteiger charge is 2.18. The molecule has 0 atom stereocenters. The Morgan fingerprint density at radius 2 is 2.29 bits per heavy atom. The molecule has 0 fully saturated rings. The van der Waals surface area contributed by atoms with Gasteiger partial charge < -0.3 is 14.6 Å². The maximum atomic E-state index is 10.7. The molecule has 0 unspecified atom stereocenters. The molecule has 21 heavy (non-hydrogen) atoms. The summed E-state index contributed by atoms with van der Waals surface area (Å²) in [5.41, 5.74) is 1.94. The number of carboxylic acids is 1. The maximum absolute atomic E-state index is 10.7. The lowest BCUT2D eigenvalue weighted by molar-refractivity contribution is 0.0690. The van der Waals surface area contributed by atoms with Crippen LogP contribution in [0.15, 0.2) is 30.5 Å². The Bertz CT molecular complexity index is 685. The van der Waals surface area contributed by atoms with Gasteiger partial charge in [0.05, 0.1) is 12.8 Å². The fourth-order valence-electron chi connectivity index (χ4n) is 2.21. The van der Waals surface area contributed by atoms with Crippen LogP contribution in [0, 0.1) is 0 Å². The SMILES string of the molecule is O=C(O)c1ccc(OCc2cc(Cl)cc3c2OCC3)cn1. The lowest BCUT2D eigenvalue weighted by atomic mass is 10.1. The van der Waals surface area contributed by atoms with Crippen molar-refractivity contribution in [1.82, 2.24) is 4.98 Å². The van der Waals surface area contributed by atoms with Crippen LogP contribution in [0.2, 0.25) is 5.02 Å². The van der Waals surface area contributed by atoms with Crippen molar-refractivity contribution in [3.63, 3.8) is 0 Å². The minimum atomic E-state index is -1.07. The van der Waals surface area contributed by atoms with E-state index in [1.165, 1.54) is 12.3 Å². The molecule has 0 radical (unpaired) electrons. The zero-order valence-electron chi connectivity index (χ0n) is 11.0. The summed E-state index contributed by atoms with van der Waals surface area (Å²) in [6.07, 6.45) is 2.23. The topological polar surface area (TPSA) is 68.7 Å². The number of hydrogen-bond donors (Lipinski definition) is 1. The molecule has 1 N–H and O–H groups in total. The molecule has 2 heterocycles. The van der Waals surface area contributed by atoms with E-state index in [1.807, 2.05) is 12.1 Å². The summed E-state index contributed by atoms with van der Waals surface area (Å²) in [4.78, 5) is 14.5. The average molecular weight is 306 g/mol. The summed E-state index contributed by atoms with van der Waals surface area (Å²) in [6, 6.07) is 6.68. The third-order valence-corrected chi connectivity index (χ3v) is 3.39. The summed E-state index contributed by atoms with van der Waals surface area (Å²) in [5, 5.41) is 9.44. The number of aromatic carboxylic acids is 1. The van der Waals surface area contributed by atoms with E-state index in [0.29, 0.717) is 17.4 Å². The summed E-state index contributed by atoms with van der Waals surface area (Å²) >= 11 is 6.08. The molecule has 108 valence electrons. The summed E-state index contributed by atoms with van der Waals surface area (Å²) in [5.74, 6) is 0.254. The molecule has 0 aliphatic carbocycles. The van der Waals surface area contributed by atoms with Crippen LogP contribution in [0.25, 0.3) is 0 Å². The van der Waals surface area contributed by atoms with E-state index in [4.69, 9.17) is 26.2 Å². The minimum absolute atomic E-state index is 0.0191. The Morgan fingerprint density at radius 3 is 3.00 bits per heavy atom. The molecule has 0 saturated carbocycles. The quantitative estimate of drug-likeness (QED) is 0.940. The number of hydrogen-bond acceptors (Lipinski definition) is 4. The van der Waals surface area contributed by atoms with E-state index in [-0.39, 0.29) is 12.3 Å². The molecule has 0 bridgehead atoms. The van der Waals surface area contributed by atoms with Gasteiger partial charge in [0, 0.05) is 17.0 Å². The van der Waals surface area contributed by atoms with Crippen molar-refractivity contribution < 1.29 is 19.4 Å². The van der Waals surface area contributed by atoms with Crippen molar-refractivity contribution in [3.05, 3.63) is 52.3 Å². The lowest BCUT2D eigenvalue weighted by Crippen LogP contribution is -2.02. The molecule has 3 rings (SSSR count). The number of aromatic nitrogens is 1. The first-order valence-electron chi connectivity index (χ1n) is 6.40. The Balaban J connectivity index is 1.75. The first-order chi connectivity index (χ1) is 10.1. The number of benzene rings is 1. The second-order valence-electron chi connectivity index (χ2n) is 4.62. The second kappa shape index (κ2) is 5.61. The Kier molecular flexibility index (Phi) is 3.66. The number of nitrogens with zero attached hydrogens (tertiary/aromatic N) is 1. The smallest absolute Gasteiger partial charge is 0.354 e. The first kappa shape index (κ1) is 13.7. The summed E-state index contributed by atoms with van der Waals surface area (Å²) in [7, 11) is 0. The summed E-state index contributed by atoms with van der Waals surface area (Å²) < 4.78 is 11.2. The number of carboxylic acid groups (broad SMARTS) is 1.